The van der Waals surface area contributed by atoms with Crippen molar-refractivity contribution in [3.05, 3.63) is 35.4 Å². The van der Waals surface area contributed by atoms with Crippen LogP contribution in [0.3, 0.4) is 0 Å². The standard InChI is InChI=1S/C13H21N5/c1-10-6-7-11(2)18(10)15-9-12-8-14-13(16(3)4)17(12)5/h6-8,15H,9H2,1-5H3. The molecule has 0 radical (unpaired) electrons. The molecule has 0 atom stereocenters. The molecule has 0 bridgehead atoms. The molecule has 2 aromatic heterocycles. The second-order valence-electron chi connectivity index (χ2n) is 4.79. The van der Waals surface area contributed by atoms with Crippen LogP contribution in [0, 0.1) is 13.8 Å². The Labute approximate surface area is 108 Å². The van der Waals surface area contributed by atoms with E-state index in [1.165, 1.54) is 11.4 Å². The van der Waals surface area contributed by atoms with E-state index in [4.69, 9.17) is 0 Å². The number of aromatic nitrogens is 3. The van der Waals surface area contributed by atoms with Crippen molar-refractivity contribution in [2.24, 2.45) is 7.05 Å². The van der Waals surface area contributed by atoms with Gasteiger partial charge in [0, 0.05) is 32.5 Å². The Kier molecular flexibility index (Phi) is 3.32. The van der Waals surface area contributed by atoms with Gasteiger partial charge in [-0.15, -0.1) is 0 Å². The molecule has 0 aliphatic heterocycles. The van der Waals surface area contributed by atoms with Gasteiger partial charge in [0.1, 0.15) is 0 Å². The molecule has 18 heavy (non-hydrogen) atoms. The SMILES string of the molecule is Cc1ccc(C)n1NCc1cnc(N(C)C)n1C. The number of nitrogens with zero attached hydrogens (tertiary/aromatic N) is 4. The largest absolute Gasteiger partial charge is 0.348 e. The molecule has 0 fully saturated rings. The summed E-state index contributed by atoms with van der Waals surface area (Å²) >= 11 is 0. The minimum Gasteiger partial charge on any atom is -0.348 e. The van der Waals surface area contributed by atoms with E-state index < -0.39 is 0 Å². The molecule has 2 aromatic rings. The monoisotopic (exact) mass is 247 g/mol. The maximum atomic E-state index is 4.40. The summed E-state index contributed by atoms with van der Waals surface area (Å²) in [5.41, 5.74) is 6.99. The van der Waals surface area contributed by atoms with Crippen molar-refractivity contribution in [1.82, 2.24) is 14.2 Å². The molecule has 5 heteroatoms. The van der Waals surface area contributed by atoms with Crippen LogP contribution in [-0.4, -0.2) is 28.3 Å². The van der Waals surface area contributed by atoms with Crippen molar-refractivity contribution in [1.29, 1.82) is 0 Å². The third-order valence-corrected chi connectivity index (χ3v) is 3.15. The van der Waals surface area contributed by atoms with Crippen LogP contribution >= 0.6 is 0 Å². The Morgan fingerprint density at radius 3 is 2.33 bits per heavy atom. The van der Waals surface area contributed by atoms with Gasteiger partial charge >= 0.3 is 0 Å². The van der Waals surface area contributed by atoms with Crippen molar-refractivity contribution >= 4 is 5.95 Å². The fraction of sp³-hybridized carbons (Fsp3) is 0.462. The number of anilines is 1. The second kappa shape index (κ2) is 4.76. The van der Waals surface area contributed by atoms with E-state index in [1.807, 2.05) is 32.2 Å². The van der Waals surface area contributed by atoms with Crippen LogP contribution in [0.2, 0.25) is 0 Å². The molecule has 5 nitrogen and oxygen atoms in total. The lowest BCUT2D eigenvalue weighted by Gasteiger charge is -2.15. The molecule has 1 N–H and O–H groups in total. The molecule has 98 valence electrons. The number of hydrogen-bond donors (Lipinski definition) is 1. The lowest BCUT2D eigenvalue weighted by Crippen LogP contribution is -2.19. The number of hydrogen-bond acceptors (Lipinski definition) is 3. The molecule has 0 unspecified atom stereocenters. The fourth-order valence-corrected chi connectivity index (χ4v) is 2.09. The first-order valence-electron chi connectivity index (χ1n) is 6.07. The highest BCUT2D eigenvalue weighted by atomic mass is 15.4. The molecule has 0 aliphatic carbocycles. The topological polar surface area (TPSA) is 38.0 Å². The third kappa shape index (κ3) is 2.20. The summed E-state index contributed by atoms with van der Waals surface area (Å²) in [6.07, 6.45) is 1.91. The molecule has 0 saturated carbocycles. The predicted molar refractivity (Wildman–Crippen MR) is 74.5 cm³/mol. The van der Waals surface area contributed by atoms with Crippen molar-refractivity contribution in [3.8, 4) is 0 Å². The number of rotatable bonds is 4. The van der Waals surface area contributed by atoms with Gasteiger partial charge in [-0.05, 0) is 26.0 Å². The van der Waals surface area contributed by atoms with Crippen molar-refractivity contribution < 1.29 is 0 Å². The lowest BCUT2D eigenvalue weighted by molar-refractivity contribution is 0.743. The number of imidazole rings is 1. The van der Waals surface area contributed by atoms with E-state index in [-0.39, 0.29) is 0 Å². The zero-order chi connectivity index (χ0) is 13.3. The molecule has 0 aromatic carbocycles. The summed E-state index contributed by atoms with van der Waals surface area (Å²) in [6, 6.07) is 4.22. The van der Waals surface area contributed by atoms with Crippen LogP contribution in [-0.2, 0) is 13.6 Å². The Bertz CT molecular complexity index is 516. The number of aryl methyl sites for hydroxylation is 2. The van der Waals surface area contributed by atoms with Gasteiger partial charge in [0.15, 0.2) is 0 Å². The van der Waals surface area contributed by atoms with Gasteiger partial charge in [-0.3, -0.25) is 4.68 Å². The minimum absolute atomic E-state index is 0.758. The van der Waals surface area contributed by atoms with E-state index in [2.05, 4.69) is 45.6 Å². The van der Waals surface area contributed by atoms with Crippen molar-refractivity contribution in [2.75, 3.05) is 24.4 Å². The maximum Gasteiger partial charge on any atom is 0.204 e. The molecular weight excluding hydrogens is 226 g/mol. The summed E-state index contributed by atoms with van der Waals surface area (Å²) in [5, 5.41) is 0. The molecule has 2 heterocycles. The molecule has 0 aliphatic rings. The van der Waals surface area contributed by atoms with Gasteiger partial charge in [-0.25, -0.2) is 4.98 Å². The zero-order valence-corrected chi connectivity index (χ0v) is 11.7. The molecule has 2 rings (SSSR count). The van der Waals surface area contributed by atoms with E-state index >= 15 is 0 Å². The lowest BCUT2D eigenvalue weighted by atomic mass is 10.5. The van der Waals surface area contributed by atoms with Crippen LogP contribution in [0.25, 0.3) is 0 Å². The predicted octanol–water partition coefficient (Wildman–Crippen LogP) is 1.65. The first-order chi connectivity index (χ1) is 8.50. The average molecular weight is 247 g/mol. The van der Waals surface area contributed by atoms with Crippen LogP contribution < -0.4 is 10.3 Å². The van der Waals surface area contributed by atoms with Gasteiger partial charge in [0.25, 0.3) is 0 Å². The highest BCUT2D eigenvalue weighted by Gasteiger charge is 2.08. The smallest absolute Gasteiger partial charge is 0.204 e. The van der Waals surface area contributed by atoms with Gasteiger partial charge in [-0.2, -0.15) is 0 Å². The van der Waals surface area contributed by atoms with Crippen LogP contribution in [0.4, 0.5) is 5.95 Å². The maximum absolute atomic E-state index is 4.40. The van der Waals surface area contributed by atoms with Crippen molar-refractivity contribution in [3.63, 3.8) is 0 Å². The van der Waals surface area contributed by atoms with Crippen LogP contribution in [0.15, 0.2) is 18.3 Å². The Balaban J connectivity index is 2.12. The highest BCUT2D eigenvalue weighted by molar-refractivity contribution is 5.31. The molecular formula is C13H21N5. The Morgan fingerprint density at radius 1 is 1.22 bits per heavy atom. The number of nitrogens with one attached hydrogen (secondary N) is 1. The molecule has 0 saturated heterocycles. The van der Waals surface area contributed by atoms with E-state index in [0.717, 1.165) is 18.2 Å². The normalized spacial score (nSPS) is 10.7. The molecule has 0 spiro atoms. The Morgan fingerprint density at radius 2 is 1.83 bits per heavy atom. The van der Waals surface area contributed by atoms with E-state index in [9.17, 15) is 0 Å². The third-order valence-electron chi connectivity index (χ3n) is 3.15. The van der Waals surface area contributed by atoms with Crippen LogP contribution in [0.1, 0.15) is 17.1 Å². The summed E-state index contributed by atoms with van der Waals surface area (Å²) in [5.74, 6) is 0.966. The second-order valence-corrected chi connectivity index (χ2v) is 4.79. The van der Waals surface area contributed by atoms with Gasteiger partial charge in [0.2, 0.25) is 5.95 Å². The fourth-order valence-electron chi connectivity index (χ4n) is 2.09. The van der Waals surface area contributed by atoms with E-state index in [1.54, 1.807) is 0 Å². The first-order valence-corrected chi connectivity index (χ1v) is 6.07. The van der Waals surface area contributed by atoms with Gasteiger partial charge in [-0.1, -0.05) is 0 Å². The summed E-state index contributed by atoms with van der Waals surface area (Å²) in [4.78, 5) is 6.41. The molecule has 0 amide bonds. The zero-order valence-electron chi connectivity index (χ0n) is 11.7. The minimum atomic E-state index is 0.758. The summed E-state index contributed by atoms with van der Waals surface area (Å²) in [7, 11) is 6.04. The van der Waals surface area contributed by atoms with Gasteiger partial charge < -0.3 is 14.9 Å². The van der Waals surface area contributed by atoms with Crippen LogP contribution in [0.5, 0.6) is 0 Å². The average Bonchev–Trinajstić information content (AvgIpc) is 2.82. The Hall–Kier alpha value is -1.91. The van der Waals surface area contributed by atoms with E-state index in [0.29, 0.717) is 0 Å². The highest BCUT2D eigenvalue weighted by Crippen LogP contribution is 2.11. The first kappa shape index (κ1) is 12.5. The quantitative estimate of drug-likeness (QED) is 0.892. The summed E-state index contributed by atoms with van der Waals surface area (Å²) in [6.45, 7) is 4.94. The summed E-state index contributed by atoms with van der Waals surface area (Å²) < 4.78 is 4.20. The van der Waals surface area contributed by atoms with Gasteiger partial charge in [0.05, 0.1) is 18.4 Å². The van der Waals surface area contributed by atoms with Crippen molar-refractivity contribution in [2.45, 2.75) is 20.4 Å².